The first kappa shape index (κ1) is 15.1. The second kappa shape index (κ2) is 6.93. The van der Waals surface area contributed by atoms with Gasteiger partial charge in [-0.05, 0) is 49.1 Å². The van der Waals surface area contributed by atoms with E-state index in [9.17, 15) is 4.79 Å². The van der Waals surface area contributed by atoms with E-state index < -0.39 is 0 Å². The Labute approximate surface area is 128 Å². The van der Waals surface area contributed by atoms with Crippen LogP contribution in [0.3, 0.4) is 0 Å². The Morgan fingerprint density at radius 1 is 1.55 bits per heavy atom. The molecule has 1 saturated heterocycles. The molecule has 0 aromatic heterocycles. The van der Waals surface area contributed by atoms with Crippen molar-refractivity contribution >= 4 is 33.7 Å². The van der Waals surface area contributed by atoms with Crippen molar-refractivity contribution in [2.24, 2.45) is 5.92 Å². The minimum atomic E-state index is -0.298. The first-order chi connectivity index (χ1) is 9.60. The van der Waals surface area contributed by atoms with Gasteiger partial charge in [0.15, 0.2) is 0 Å². The van der Waals surface area contributed by atoms with Crippen LogP contribution >= 0.6 is 15.9 Å². The van der Waals surface area contributed by atoms with Gasteiger partial charge in [0.2, 0.25) is 0 Å². The fourth-order valence-corrected chi connectivity index (χ4v) is 2.83. The van der Waals surface area contributed by atoms with E-state index in [2.05, 4.69) is 33.8 Å². The van der Waals surface area contributed by atoms with E-state index in [-0.39, 0.29) is 5.97 Å². The largest absolute Gasteiger partial charge is 0.463 e. The second-order valence-corrected chi connectivity index (χ2v) is 6.04. The molecule has 0 bridgehead atoms. The van der Waals surface area contributed by atoms with Crippen molar-refractivity contribution in [3.63, 3.8) is 0 Å². The lowest BCUT2D eigenvalue weighted by atomic mass is 10.1. The highest BCUT2D eigenvalue weighted by molar-refractivity contribution is 9.10. The van der Waals surface area contributed by atoms with E-state index in [0.717, 1.165) is 29.0 Å². The number of ether oxygens (including phenoxy) is 1. The molecule has 0 radical (unpaired) electrons. The van der Waals surface area contributed by atoms with E-state index in [1.54, 1.807) is 0 Å². The third-order valence-corrected chi connectivity index (χ3v) is 3.93. The number of nitrogens with zero attached hydrogens (tertiary/aromatic N) is 1. The third-order valence-electron chi connectivity index (χ3n) is 3.44. The Bertz CT molecular complexity index is 513. The van der Waals surface area contributed by atoms with Crippen LogP contribution in [0.15, 0.2) is 28.7 Å². The number of carbonyl (C=O) groups excluding carboxylic acids is 1. The van der Waals surface area contributed by atoms with Crippen LogP contribution < -0.4 is 4.90 Å². The van der Waals surface area contributed by atoms with E-state index in [0.29, 0.717) is 6.61 Å². The molecule has 1 aromatic carbocycles. The minimum absolute atomic E-state index is 0.298. The molecular weight excluding hydrogens is 318 g/mol. The number of benzene rings is 1. The lowest BCUT2D eigenvalue weighted by molar-refractivity contribution is -0.137. The van der Waals surface area contributed by atoms with Gasteiger partial charge in [0, 0.05) is 29.3 Å². The molecule has 1 aliphatic heterocycles. The quantitative estimate of drug-likeness (QED) is 0.617. The summed E-state index contributed by atoms with van der Waals surface area (Å²) in [5, 5.41) is 0. The van der Waals surface area contributed by atoms with Crippen LogP contribution in [-0.2, 0) is 9.53 Å². The number of esters is 1. The van der Waals surface area contributed by atoms with Crippen molar-refractivity contribution in [1.29, 1.82) is 0 Å². The summed E-state index contributed by atoms with van der Waals surface area (Å²) in [6.07, 6.45) is 4.55. The maximum atomic E-state index is 11.5. The monoisotopic (exact) mass is 337 g/mol. The summed E-state index contributed by atoms with van der Waals surface area (Å²) >= 11 is 3.49. The zero-order valence-corrected chi connectivity index (χ0v) is 13.5. The van der Waals surface area contributed by atoms with Gasteiger partial charge in [0.05, 0.1) is 6.61 Å². The van der Waals surface area contributed by atoms with Gasteiger partial charge in [0.25, 0.3) is 0 Å². The van der Waals surface area contributed by atoms with Gasteiger partial charge in [-0.25, -0.2) is 4.79 Å². The number of hydrogen-bond acceptors (Lipinski definition) is 3. The van der Waals surface area contributed by atoms with Crippen molar-refractivity contribution in [2.75, 3.05) is 24.6 Å². The summed E-state index contributed by atoms with van der Waals surface area (Å²) in [6, 6.07) is 6.18. The molecule has 4 heteroatoms. The molecule has 2 rings (SSSR count). The molecule has 1 aliphatic rings. The molecule has 0 N–H and O–H groups in total. The van der Waals surface area contributed by atoms with Crippen molar-refractivity contribution in [2.45, 2.75) is 20.3 Å². The molecule has 1 fully saturated rings. The fourth-order valence-electron chi connectivity index (χ4n) is 2.45. The molecule has 108 valence electrons. The topological polar surface area (TPSA) is 29.5 Å². The number of anilines is 1. The van der Waals surface area contributed by atoms with Gasteiger partial charge < -0.3 is 9.64 Å². The van der Waals surface area contributed by atoms with Crippen molar-refractivity contribution in [3.8, 4) is 0 Å². The minimum Gasteiger partial charge on any atom is -0.463 e. The highest BCUT2D eigenvalue weighted by atomic mass is 79.9. The van der Waals surface area contributed by atoms with Crippen LogP contribution in [-0.4, -0.2) is 25.7 Å². The Hall–Kier alpha value is -1.29. The van der Waals surface area contributed by atoms with E-state index in [4.69, 9.17) is 4.74 Å². The maximum absolute atomic E-state index is 11.5. The molecule has 1 unspecified atom stereocenters. The zero-order valence-electron chi connectivity index (χ0n) is 11.9. The Kier molecular flexibility index (Phi) is 5.24. The van der Waals surface area contributed by atoms with Crippen molar-refractivity contribution in [3.05, 3.63) is 34.3 Å². The van der Waals surface area contributed by atoms with Crippen LogP contribution in [0.4, 0.5) is 5.69 Å². The second-order valence-electron chi connectivity index (χ2n) is 5.13. The molecule has 1 heterocycles. The predicted octanol–water partition coefficient (Wildman–Crippen LogP) is 3.87. The van der Waals surface area contributed by atoms with Crippen molar-refractivity contribution < 1.29 is 9.53 Å². The molecule has 0 amide bonds. The van der Waals surface area contributed by atoms with Crippen LogP contribution in [0.5, 0.6) is 0 Å². The van der Waals surface area contributed by atoms with Gasteiger partial charge in [-0.2, -0.15) is 0 Å². The first-order valence-electron chi connectivity index (χ1n) is 6.99. The average Bonchev–Trinajstić information content (AvgIpc) is 2.83. The molecule has 3 nitrogen and oxygen atoms in total. The van der Waals surface area contributed by atoms with E-state index >= 15 is 0 Å². The van der Waals surface area contributed by atoms with Gasteiger partial charge >= 0.3 is 5.97 Å². The maximum Gasteiger partial charge on any atom is 0.330 e. The normalized spacial score (nSPS) is 18.8. The first-order valence-corrected chi connectivity index (χ1v) is 7.78. The molecular formula is C16H20BrNO2. The highest BCUT2D eigenvalue weighted by Gasteiger charge is 2.20. The summed E-state index contributed by atoms with van der Waals surface area (Å²) in [6.45, 7) is 6.62. The molecule has 0 saturated carbocycles. The predicted molar refractivity (Wildman–Crippen MR) is 85.8 cm³/mol. The van der Waals surface area contributed by atoms with E-state index in [1.165, 1.54) is 18.2 Å². The molecule has 1 aromatic rings. The summed E-state index contributed by atoms with van der Waals surface area (Å²) in [7, 11) is 0. The fraction of sp³-hybridized carbons (Fsp3) is 0.438. The Morgan fingerprint density at radius 3 is 3.00 bits per heavy atom. The van der Waals surface area contributed by atoms with E-state index in [1.807, 2.05) is 25.1 Å². The standard InChI is InChI=1S/C16H20BrNO2/c1-3-20-16(19)7-4-13-10-14(17)5-6-15(13)18-9-8-12(2)11-18/h4-7,10,12H,3,8-9,11H2,1-2H3/b7-4+. The molecule has 20 heavy (non-hydrogen) atoms. The summed E-state index contributed by atoms with van der Waals surface area (Å²) < 4.78 is 5.94. The molecule has 0 spiro atoms. The van der Waals surface area contributed by atoms with Gasteiger partial charge in [-0.15, -0.1) is 0 Å². The lowest BCUT2D eigenvalue weighted by Crippen LogP contribution is -2.19. The summed E-state index contributed by atoms with van der Waals surface area (Å²) in [5.74, 6) is 0.425. The third kappa shape index (κ3) is 3.85. The Balaban J connectivity index is 2.22. The lowest BCUT2D eigenvalue weighted by Gasteiger charge is -2.21. The van der Waals surface area contributed by atoms with Gasteiger partial charge in [-0.3, -0.25) is 0 Å². The summed E-state index contributed by atoms with van der Waals surface area (Å²) in [5.41, 5.74) is 2.22. The molecule has 1 atom stereocenters. The molecule has 0 aliphatic carbocycles. The van der Waals surface area contributed by atoms with Gasteiger partial charge in [0.1, 0.15) is 0 Å². The SMILES string of the molecule is CCOC(=O)/C=C/c1cc(Br)ccc1N1CCC(C)C1. The Morgan fingerprint density at radius 2 is 2.35 bits per heavy atom. The van der Waals surface area contributed by atoms with Crippen LogP contribution in [0, 0.1) is 5.92 Å². The number of carbonyl (C=O) groups is 1. The van der Waals surface area contributed by atoms with Crippen LogP contribution in [0.2, 0.25) is 0 Å². The number of halogens is 1. The number of hydrogen-bond donors (Lipinski definition) is 0. The van der Waals surface area contributed by atoms with Crippen LogP contribution in [0.25, 0.3) is 6.08 Å². The summed E-state index contributed by atoms with van der Waals surface area (Å²) in [4.78, 5) is 13.8. The van der Waals surface area contributed by atoms with Gasteiger partial charge in [-0.1, -0.05) is 22.9 Å². The highest BCUT2D eigenvalue weighted by Crippen LogP contribution is 2.30. The van der Waals surface area contributed by atoms with Crippen molar-refractivity contribution in [1.82, 2.24) is 0 Å². The zero-order chi connectivity index (χ0) is 14.5. The average molecular weight is 338 g/mol. The smallest absolute Gasteiger partial charge is 0.330 e. The number of rotatable bonds is 4. The van der Waals surface area contributed by atoms with Crippen LogP contribution in [0.1, 0.15) is 25.8 Å².